The SMILES string of the molecule is C[C@H](C(=O)NC12CC3CC(CC(C3)C1)C2)N(C)CC(=O)Nc1cccc(F)c1. The lowest BCUT2D eigenvalue weighted by Gasteiger charge is -2.57. The number of benzene rings is 1. The Bertz CT molecular complexity index is 731. The molecule has 4 saturated carbocycles. The van der Waals surface area contributed by atoms with Gasteiger partial charge in [0.25, 0.3) is 0 Å². The molecule has 28 heavy (non-hydrogen) atoms. The second-order valence-electron chi connectivity index (χ2n) is 9.34. The zero-order valence-electron chi connectivity index (χ0n) is 16.7. The molecular weight excluding hydrogens is 357 g/mol. The van der Waals surface area contributed by atoms with E-state index in [0.717, 1.165) is 37.0 Å². The molecule has 4 bridgehead atoms. The van der Waals surface area contributed by atoms with Crippen LogP contribution in [-0.2, 0) is 9.59 Å². The van der Waals surface area contributed by atoms with Crippen LogP contribution in [0.4, 0.5) is 10.1 Å². The number of carbonyl (C=O) groups is 2. The van der Waals surface area contributed by atoms with E-state index in [-0.39, 0.29) is 23.9 Å². The number of hydrogen-bond acceptors (Lipinski definition) is 3. The van der Waals surface area contributed by atoms with Gasteiger partial charge in [0, 0.05) is 11.2 Å². The average molecular weight is 387 g/mol. The van der Waals surface area contributed by atoms with E-state index in [0.29, 0.717) is 5.69 Å². The van der Waals surface area contributed by atoms with Gasteiger partial charge in [0.15, 0.2) is 0 Å². The summed E-state index contributed by atoms with van der Waals surface area (Å²) in [5.74, 6) is 1.67. The van der Waals surface area contributed by atoms with Gasteiger partial charge < -0.3 is 10.6 Å². The summed E-state index contributed by atoms with van der Waals surface area (Å²) >= 11 is 0. The van der Waals surface area contributed by atoms with Gasteiger partial charge in [0.1, 0.15) is 5.82 Å². The summed E-state index contributed by atoms with van der Waals surface area (Å²) in [5, 5.41) is 6.06. The normalized spacial score (nSPS) is 31.6. The maximum Gasteiger partial charge on any atom is 0.238 e. The van der Waals surface area contributed by atoms with E-state index in [2.05, 4.69) is 10.6 Å². The van der Waals surface area contributed by atoms with Gasteiger partial charge in [0.05, 0.1) is 12.6 Å². The van der Waals surface area contributed by atoms with Crippen molar-refractivity contribution < 1.29 is 14.0 Å². The number of nitrogens with one attached hydrogen (secondary N) is 2. The summed E-state index contributed by atoms with van der Waals surface area (Å²) in [7, 11) is 1.77. The third-order valence-electron chi connectivity index (χ3n) is 6.97. The Morgan fingerprint density at radius 2 is 1.79 bits per heavy atom. The highest BCUT2D eigenvalue weighted by Gasteiger charge is 2.51. The van der Waals surface area contributed by atoms with Crippen molar-refractivity contribution in [3.63, 3.8) is 0 Å². The summed E-state index contributed by atoms with van der Waals surface area (Å²) in [6, 6.07) is 5.41. The Labute approximate surface area is 166 Å². The van der Waals surface area contributed by atoms with Crippen LogP contribution in [0.1, 0.15) is 45.4 Å². The van der Waals surface area contributed by atoms with Crippen LogP contribution in [0, 0.1) is 23.6 Å². The second-order valence-corrected chi connectivity index (χ2v) is 9.34. The number of rotatable bonds is 6. The minimum absolute atomic E-state index is 0.00278. The molecule has 6 heteroatoms. The second kappa shape index (κ2) is 7.47. The smallest absolute Gasteiger partial charge is 0.238 e. The first-order chi connectivity index (χ1) is 13.3. The molecule has 1 aromatic carbocycles. The molecule has 2 amide bonds. The van der Waals surface area contributed by atoms with Gasteiger partial charge >= 0.3 is 0 Å². The lowest BCUT2D eigenvalue weighted by atomic mass is 9.53. The minimum atomic E-state index is -0.397. The van der Waals surface area contributed by atoms with E-state index in [1.807, 2.05) is 6.92 Å². The highest BCUT2D eigenvalue weighted by atomic mass is 19.1. The summed E-state index contributed by atoms with van der Waals surface area (Å²) in [5.41, 5.74) is 0.397. The zero-order chi connectivity index (χ0) is 19.9. The van der Waals surface area contributed by atoms with Crippen LogP contribution >= 0.6 is 0 Å². The Morgan fingerprint density at radius 3 is 2.36 bits per heavy atom. The summed E-state index contributed by atoms with van der Waals surface area (Å²) in [6.07, 6.45) is 7.35. The van der Waals surface area contributed by atoms with Gasteiger partial charge in [-0.2, -0.15) is 0 Å². The number of anilines is 1. The summed E-state index contributed by atoms with van der Waals surface area (Å²) in [4.78, 5) is 26.9. The van der Waals surface area contributed by atoms with Crippen molar-refractivity contribution in [1.29, 1.82) is 0 Å². The van der Waals surface area contributed by atoms with Gasteiger partial charge in [-0.3, -0.25) is 14.5 Å². The molecule has 2 N–H and O–H groups in total. The molecule has 4 aliphatic rings. The first-order valence-electron chi connectivity index (χ1n) is 10.4. The lowest BCUT2D eigenvalue weighted by molar-refractivity contribution is -0.131. The molecule has 0 heterocycles. The maximum atomic E-state index is 13.3. The topological polar surface area (TPSA) is 61.4 Å². The van der Waals surface area contributed by atoms with Gasteiger partial charge in [-0.1, -0.05) is 6.07 Å². The summed E-state index contributed by atoms with van der Waals surface area (Å²) in [6.45, 7) is 1.91. The molecule has 5 rings (SSSR count). The fourth-order valence-electron chi connectivity index (χ4n) is 5.96. The van der Waals surface area contributed by atoms with E-state index in [1.165, 1.54) is 31.4 Å². The standard InChI is InChI=1S/C22H30FN3O2/c1-14(26(2)13-20(27)24-19-5-3-4-18(23)9-19)21(28)25-22-10-15-6-16(11-22)8-17(7-15)12-22/h3-5,9,14-17H,6-8,10-13H2,1-2H3,(H,24,27)(H,25,28)/t14-,15?,16?,17?,22?/m1/s1. The Balaban J connectivity index is 1.31. The average Bonchev–Trinajstić information content (AvgIpc) is 2.59. The third kappa shape index (κ3) is 4.07. The highest BCUT2D eigenvalue weighted by molar-refractivity contribution is 5.92. The molecule has 0 unspecified atom stereocenters. The van der Waals surface area contributed by atoms with Crippen LogP contribution in [0.2, 0.25) is 0 Å². The largest absolute Gasteiger partial charge is 0.349 e. The van der Waals surface area contributed by atoms with Crippen molar-refractivity contribution in [2.45, 2.75) is 57.0 Å². The molecule has 0 aliphatic heterocycles. The minimum Gasteiger partial charge on any atom is -0.349 e. The number of likely N-dealkylation sites (N-methyl/N-ethyl adjacent to an activating group) is 1. The van der Waals surface area contributed by atoms with Crippen LogP contribution in [-0.4, -0.2) is 41.9 Å². The molecule has 152 valence electrons. The molecule has 0 radical (unpaired) electrons. The highest BCUT2D eigenvalue weighted by Crippen LogP contribution is 2.55. The van der Waals surface area contributed by atoms with E-state index in [4.69, 9.17) is 0 Å². The van der Waals surface area contributed by atoms with Crippen LogP contribution in [0.15, 0.2) is 24.3 Å². The number of amides is 2. The maximum absolute atomic E-state index is 13.3. The van der Waals surface area contributed by atoms with Crippen LogP contribution in [0.5, 0.6) is 0 Å². The first kappa shape index (κ1) is 19.4. The zero-order valence-corrected chi connectivity index (χ0v) is 16.7. The monoisotopic (exact) mass is 387 g/mol. The quantitative estimate of drug-likeness (QED) is 0.788. The molecule has 1 aromatic rings. The van der Waals surface area contributed by atoms with Gasteiger partial charge in [-0.15, -0.1) is 0 Å². The Hall–Kier alpha value is -1.95. The van der Waals surface area contributed by atoms with Gasteiger partial charge in [-0.25, -0.2) is 4.39 Å². The van der Waals surface area contributed by atoms with Gasteiger partial charge in [0.2, 0.25) is 11.8 Å². The number of hydrogen-bond donors (Lipinski definition) is 2. The molecule has 1 atom stereocenters. The first-order valence-corrected chi connectivity index (χ1v) is 10.4. The molecule has 4 aliphatic carbocycles. The van der Waals surface area contributed by atoms with Gasteiger partial charge in [-0.05, 0) is 88.4 Å². The van der Waals surface area contributed by atoms with Crippen molar-refractivity contribution >= 4 is 17.5 Å². The predicted octanol–water partition coefficient (Wildman–Crippen LogP) is 3.17. The molecular formula is C22H30FN3O2. The Morgan fingerprint density at radius 1 is 1.18 bits per heavy atom. The Kier molecular flexibility index (Phi) is 5.17. The molecule has 4 fully saturated rings. The molecule has 0 spiro atoms. The van der Waals surface area contributed by atoms with Crippen molar-refractivity contribution in [3.05, 3.63) is 30.1 Å². The molecule has 0 aromatic heterocycles. The number of carbonyl (C=O) groups excluding carboxylic acids is 2. The fraction of sp³-hybridized carbons (Fsp3) is 0.636. The van der Waals surface area contributed by atoms with E-state index in [1.54, 1.807) is 24.1 Å². The number of nitrogens with zero attached hydrogens (tertiary/aromatic N) is 1. The molecule has 0 saturated heterocycles. The third-order valence-corrected chi connectivity index (χ3v) is 6.97. The lowest BCUT2D eigenvalue weighted by Crippen LogP contribution is -2.62. The summed E-state index contributed by atoms with van der Waals surface area (Å²) < 4.78 is 13.3. The van der Waals surface area contributed by atoms with E-state index < -0.39 is 11.9 Å². The van der Waals surface area contributed by atoms with Crippen molar-refractivity contribution in [1.82, 2.24) is 10.2 Å². The van der Waals surface area contributed by atoms with E-state index in [9.17, 15) is 14.0 Å². The fourth-order valence-corrected chi connectivity index (χ4v) is 5.96. The van der Waals surface area contributed by atoms with Crippen LogP contribution in [0.3, 0.4) is 0 Å². The van der Waals surface area contributed by atoms with Crippen LogP contribution in [0.25, 0.3) is 0 Å². The molecule has 5 nitrogen and oxygen atoms in total. The van der Waals surface area contributed by atoms with Crippen molar-refractivity contribution in [2.75, 3.05) is 18.9 Å². The van der Waals surface area contributed by atoms with Crippen molar-refractivity contribution in [2.24, 2.45) is 17.8 Å². The van der Waals surface area contributed by atoms with E-state index >= 15 is 0 Å². The number of halogens is 1. The predicted molar refractivity (Wildman–Crippen MR) is 106 cm³/mol. The van der Waals surface area contributed by atoms with Crippen molar-refractivity contribution in [3.8, 4) is 0 Å². The van der Waals surface area contributed by atoms with Crippen LogP contribution < -0.4 is 10.6 Å².